The summed E-state index contributed by atoms with van der Waals surface area (Å²) in [5.41, 5.74) is -1.26. The molecule has 0 saturated heterocycles. The molecule has 0 aliphatic heterocycles. The van der Waals surface area contributed by atoms with Gasteiger partial charge in [-0.1, -0.05) is 0 Å². The molecule has 1 heterocycles. The number of nitrogens with zero attached hydrogens (tertiary/aromatic N) is 1. The fraction of sp³-hybridized carbons (Fsp3) is 0.214. The van der Waals surface area contributed by atoms with Crippen molar-refractivity contribution in [2.75, 3.05) is 0 Å². The number of fused-ring (bicyclic) bond motifs is 1. The lowest BCUT2D eigenvalue weighted by atomic mass is 10.1. The maximum atomic E-state index is 14.2. The number of benzene rings is 1. The molecule has 3 atom stereocenters. The fourth-order valence-corrected chi connectivity index (χ4v) is 3.14. The van der Waals surface area contributed by atoms with Crippen molar-refractivity contribution in [1.82, 2.24) is 4.98 Å². The second-order valence-corrected chi connectivity index (χ2v) is 6.10. The van der Waals surface area contributed by atoms with Gasteiger partial charge in [-0.15, -0.1) is 0 Å². The van der Waals surface area contributed by atoms with Crippen LogP contribution in [0.2, 0.25) is 0 Å². The minimum absolute atomic E-state index is 0.157. The molecule has 1 aliphatic carbocycles. The highest BCUT2D eigenvalue weighted by Gasteiger charge is 2.58. The van der Waals surface area contributed by atoms with Crippen LogP contribution < -0.4 is 9.88 Å². The summed E-state index contributed by atoms with van der Waals surface area (Å²) in [6.07, 6.45) is -3.43. The quantitative estimate of drug-likeness (QED) is 0.822. The topological polar surface area (TPSA) is 85.4 Å². The number of rotatable bonds is 3. The number of hydrogen-bond donors (Lipinski definition) is 2. The fourth-order valence-electron chi connectivity index (χ4n) is 2.50. The summed E-state index contributed by atoms with van der Waals surface area (Å²) in [5.74, 6) is -5.42. The van der Waals surface area contributed by atoms with Gasteiger partial charge in [0.25, 0.3) is 0 Å². The highest BCUT2D eigenvalue weighted by Crippen LogP contribution is 2.56. The molecule has 1 aliphatic rings. The molecule has 0 radical (unpaired) electrons. The highest BCUT2D eigenvalue weighted by atomic mass is 32.2. The third-order valence-corrected chi connectivity index (χ3v) is 4.35. The molecule has 5 nitrogen and oxygen atoms in total. The van der Waals surface area contributed by atoms with Gasteiger partial charge in [0, 0.05) is 17.2 Å². The Labute approximate surface area is 135 Å². The maximum Gasteiger partial charge on any atom is 0.312 e. The van der Waals surface area contributed by atoms with Crippen LogP contribution in [0, 0.1) is 5.82 Å². The second-order valence-electron chi connectivity index (χ2n) is 5.07. The highest BCUT2D eigenvalue weighted by molar-refractivity contribution is 7.82. The van der Waals surface area contributed by atoms with Gasteiger partial charge in [-0.05, 0) is 12.1 Å². The zero-order valence-corrected chi connectivity index (χ0v) is 12.6. The summed E-state index contributed by atoms with van der Waals surface area (Å²) in [7, 11) is -2.23. The summed E-state index contributed by atoms with van der Waals surface area (Å²) >= 11 is 0. The van der Waals surface area contributed by atoms with E-state index in [1.165, 1.54) is 0 Å². The first-order chi connectivity index (χ1) is 11.2. The largest absolute Gasteiger partial charge is 0.455 e. The second kappa shape index (κ2) is 5.80. The molecule has 128 valence electrons. The average Bonchev–Trinajstić information content (AvgIpc) is 2.69. The van der Waals surface area contributed by atoms with Crippen molar-refractivity contribution in [3.63, 3.8) is 0 Å². The van der Waals surface area contributed by atoms with Crippen LogP contribution in [0.1, 0.15) is 23.4 Å². The van der Waals surface area contributed by atoms with Crippen LogP contribution in [0.5, 0.6) is 11.5 Å². The predicted molar refractivity (Wildman–Crippen MR) is 75.1 cm³/mol. The molecule has 1 aromatic carbocycles. The van der Waals surface area contributed by atoms with Gasteiger partial charge in [-0.3, -0.25) is 4.98 Å². The maximum absolute atomic E-state index is 14.2. The Balaban J connectivity index is 2.16. The van der Waals surface area contributed by atoms with Crippen molar-refractivity contribution in [3.05, 3.63) is 47.5 Å². The number of nitrogens with two attached hydrogens (primary N) is 1. The average molecular weight is 362 g/mol. The van der Waals surface area contributed by atoms with Gasteiger partial charge < -0.3 is 9.84 Å². The number of halogens is 4. The zero-order valence-electron chi connectivity index (χ0n) is 11.7. The third kappa shape index (κ3) is 2.56. The molecule has 0 saturated carbocycles. The Morgan fingerprint density at radius 1 is 1.29 bits per heavy atom. The molecule has 2 unspecified atom stereocenters. The van der Waals surface area contributed by atoms with Crippen LogP contribution in [0.25, 0.3) is 0 Å². The lowest BCUT2D eigenvalue weighted by molar-refractivity contribution is -0.143. The third-order valence-electron chi connectivity index (χ3n) is 3.56. The van der Waals surface area contributed by atoms with E-state index >= 15 is 0 Å². The molecule has 24 heavy (non-hydrogen) atoms. The monoisotopic (exact) mass is 362 g/mol. The number of hydrogen-bond acceptors (Lipinski definition) is 4. The standard InChI is InChI=1S/C14H10F4N2O3S/c15-6-3-7(5-20-4-6)23-8-1-2-9(24(19)22)11-10(8)12(16)14(17,18)13(11)21/h1-5,12-13,21H,19H2/t12?,13-,24?/m0/s1. The number of aliphatic hydroxyl groups excluding tert-OH is 1. The molecule has 0 bridgehead atoms. The van der Waals surface area contributed by atoms with Crippen LogP contribution >= 0.6 is 0 Å². The molecule has 2 aromatic rings. The Hall–Kier alpha value is -2.04. The van der Waals surface area contributed by atoms with Crippen LogP contribution in [-0.2, 0) is 11.0 Å². The summed E-state index contributed by atoms with van der Waals surface area (Å²) in [4.78, 5) is 3.19. The van der Waals surface area contributed by atoms with Crippen molar-refractivity contribution in [1.29, 1.82) is 0 Å². The van der Waals surface area contributed by atoms with Gasteiger partial charge in [0.15, 0.2) is 6.17 Å². The van der Waals surface area contributed by atoms with Gasteiger partial charge in [0.05, 0.1) is 17.3 Å². The molecule has 10 heteroatoms. The summed E-state index contributed by atoms with van der Waals surface area (Å²) < 4.78 is 71.8. The number of aromatic nitrogens is 1. The normalized spacial score (nSPS) is 22.9. The molecular formula is C14H10F4N2O3S. The molecule has 0 spiro atoms. The smallest absolute Gasteiger partial charge is 0.312 e. The lowest BCUT2D eigenvalue weighted by Crippen LogP contribution is -2.24. The summed E-state index contributed by atoms with van der Waals surface area (Å²) in [5, 5.41) is 14.9. The number of alkyl halides is 3. The van der Waals surface area contributed by atoms with Crippen LogP contribution in [-0.4, -0.2) is 20.2 Å². The van der Waals surface area contributed by atoms with E-state index in [4.69, 9.17) is 9.88 Å². The molecule has 0 fully saturated rings. The van der Waals surface area contributed by atoms with E-state index in [2.05, 4.69) is 4.98 Å². The van der Waals surface area contributed by atoms with Crippen molar-refractivity contribution in [2.45, 2.75) is 23.1 Å². The minimum atomic E-state index is -4.14. The van der Waals surface area contributed by atoms with Crippen molar-refractivity contribution < 1.29 is 31.6 Å². The van der Waals surface area contributed by atoms with Crippen molar-refractivity contribution in [2.24, 2.45) is 5.14 Å². The zero-order chi connectivity index (χ0) is 17.6. The molecule has 0 amide bonds. The van der Waals surface area contributed by atoms with Crippen LogP contribution in [0.4, 0.5) is 17.6 Å². The Morgan fingerprint density at radius 2 is 2.00 bits per heavy atom. The van der Waals surface area contributed by atoms with E-state index < -0.39 is 46.1 Å². The van der Waals surface area contributed by atoms with E-state index in [1.54, 1.807) is 0 Å². The molecular weight excluding hydrogens is 352 g/mol. The van der Waals surface area contributed by atoms with Crippen molar-refractivity contribution in [3.8, 4) is 11.5 Å². The molecule has 3 rings (SSSR count). The number of ether oxygens (including phenoxy) is 1. The van der Waals surface area contributed by atoms with E-state index in [1.807, 2.05) is 0 Å². The Bertz CT molecular complexity index is 834. The SMILES string of the molecule is NS(=O)c1ccc(Oc2cncc(F)c2)c2c1[C@H](O)C(F)(F)C2F. The van der Waals surface area contributed by atoms with E-state index in [0.29, 0.717) is 0 Å². The van der Waals surface area contributed by atoms with Crippen LogP contribution in [0.15, 0.2) is 35.5 Å². The predicted octanol–water partition coefficient (Wildman–Crippen LogP) is 2.69. The lowest BCUT2D eigenvalue weighted by Gasteiger charge is -2.16. The number of aliphatic hydroxyl groups is 1. The van der Waals surface area contributed by atoms with E-state index in [0.717, 1.165) is 30.6 Å². The molecule has 3 N–H and O–H groups in total. The van der Waals surface area contributed by atoms with Gasteiger partial charge in [0.2, 0.25) is 0 Å². The minimum Gasteiger partial charge on any atom is -0.455 e. The molecule has 1 aromatic heterocycles. The number of pyridine rings is 1. The van der Waals surface area contributed by atoms with E-state index in [-0.39, 0.29) is 16.4 Å². The van der Waals surface area contributed by atoms with Gasteiger partial charge in [-0.2, -0.15) is 8.78 Å². The Kier molecular flexibility index (Phi) is 4.06. The first kappa shape index (κ1) is 16.8. The summed E-state index contributed by atoms with van der Waals surface area (Å²) in [6, 6.07) is 3.07. The first-order valence-corrected chi connectivity index (χ1v) is 7.76. The van der Waals surface area contributed by atoms with E-state index in [9.17, 15) is 26.9 Å². The van der Waals surface area contributed by atoms with Crippen LogP contribution in [0.3, 0.4) is 0 Å². The Morgan fingerprint density at radius 3 is 2.62 bits per heavy atom. The van der Waals surface area contributed by atoms with Gasteiger partial charge in [0.1, 0.15) is 34.4 Å². The van der Waals surface area contributed by atoms with Gasteiger partial charge >= 0.3 is 5.92 Å². The summed E-state index contributed by atoms with van der Waals surface area (Å²) in [6.45, 7) is 0. The first-order valence-electron chi connectivity index (χ1n) is 6.54. The van der Waals surface area contributed by atoms with Crippen molar-refractivity contribution >= 4 is 11.0 Å². The van der Waals surface area contributed by atoms with Gasteiger partial charge in [-0.25, -0.2) is 18.1 Å².